The van der Waals surface area contributed by atoms with Crippen LogP contribution in [0, 0.1) is 17.0 Å². The summed E-state index contributed by atoms with van der Waals surface area (Å²) in [6.45, 7) is 2.64. The number of nitrogens with zero attached hydrogens (tertiary/aromatic N) is 2. The van der Waals surface area contributed by atoms with Crippen molar-refractivity contribution >= 4 is 38.9 Å². The number of benzene rings is 4. The average molecular weight is 603 g/mol. The molecule has 4 aromatic rings. The van der Waals surface area contributed by atoms with E-state index in [9.17, 15) is 28.1 Å². The summed E-state index contributed by atoms with van der Waals surface area (Å²) in [6.07, 6.45) is 0. The molecule has 222 valence electrons. The molecule has 4 aromatic carbocycles. The fourth-order valence-electron chi connectivity index (χ4n) is 4.35. The lowest BCUT2D eigenvalue weighted by Crippen LogP contribution is -2.38. The van der Waals surface area contributed by atoms with Gasteiger partial charge in [-0.15, -0.1) is 0 Å². The molecule has 43 heavy (non-hydrogen) atoms. The number of sulfonamides is 1. The minimum Gasteiger partial charge on any atom is -0.497 e. The third-order valence-corrected chi connectivity index (χ3v) is 8.48. The average Bonchev–Trinajstić information content (AvgIpc) is 3.00. The summed E-state index contributed by atoms with van der Waals surface area (Å²) >= 11 is 0. The number of aryl methyl sites for hydroxylation is 1. The highest BCUT2D eigenvalue weighted by molar-refractivity contribution is 7.92. The predicted molar refractivity (Wildman–Crippen MR) is 163 cm³/mol. The zero-order chi connectivity index (χ0) is 31.1. The van der Waals surface area contributed by atoms with Crippen LogP contribution < -0.4 is 19.7 Å². The van der Waals surface area contributed by atoms with Gasteiger partial charge in [-0.25, -0.2) is 8.42 Å². The number of methoxy groups -OCH3 is 1. The molecule has 0 spiro atoms. The lowest BCUT2D eigenvalue weighted by molar-refractivity contribution is -0.385. The van der Waals surface area contributed by atoms with Crippen LogP contribution in [0.25, 0.3) is 0 Å². The summed E-state index contributed by atoms with van der Waals surface area (Å²) in [6, 6.07) is 24.9. The van der Waals surface area contributed by atoms with Gasteiger partial charge < -0.3 is 15.4 Å². The molecule has 0 saturated carbocycles. The molecule has 4 rings (SSSR count). The minimum atomic E-state index is -4.46. The Labute approximate surface area is 249 Å². The van der Waals surface area contributed by atoms with Crippen molar-refractivity contribution in [1.82, 2.24) is 5.32 Å². The van der Waals surface area contributed by atoms with Crippen LogP contribution in [0.5, 0.6) is 5.75 Å². The monoisotopic (exact) mass is 602 g/mol. The molecule has 0 aromatic heterocycles. The number of hydrogen-bond donors (Lipinski definition) is 2. The number of nitrogens with one attached hydrogen (secondary N) is 2. The van der Waals surface area contributed by atoms with Crippen LogP contribution in [-0.4, -0.2) is 38.8 Å². The molecule has 1 atom stereocenters. The van der Waals surface area contributed by atoms with Gasteiger partial charge in [0.05, 0.1) is 39.9 Å². The molecule has 2 amide bonds. The lowest BCUT2D eigenvalue weighted by Gasteiger charge is -2.24. The highest BCUT2D eigenvalue weighted by Crippen LogP contribution is 2.29. The zero-order valence-corrected chi connectivity index (χ0v) is 24.5. The molecular weight excluding hydrogens is 572 g/mol. The normalized spacial score (nSPS) is 11.7. The second-order valence-electron chi connectivity index (χ2n) is 9.61. The molecule has 0 aliphatic heterocycles. The zero-order valence-electron chi connectivity index (χ0n) is 23.7. The van der Waals surface area contributed by atoms with Gasteiger partial charge in [-0.1, -0.05) is 48.5 Å². The van der Waals surface area contributed by atoms with Crippen LogP contribution in [0.2, 0.25) is 0 Å². The van der Waals surface area contributed by atoms with E-state index in [-0.39, 0.29) is 39.1 Å². The van der Waals surface area contributed by atoms with Crippen molar-refractivity contribution in [1.29, 1.82) is 0 Å². The third-order valence-electron chi connectivity index (χ3n) is 6.71. The number of carbonyl (C=O) groups excluding carboxylic acids is 2. The van der Waals surface area contributed by atoms with Crippen molar-refractivity contribution in [3.63, 3.8) is 0 Å². The van der Waals surface area contributed by atoms with E-state index < -0.39 is 33.3 Å². The highest BCUT2D eigenvalue weighted by Gasteiger charge is 2.30. The minimum absolute atomic E-state index is 0.127. The van der Waals surface area contributed by atoms with E-state index in [0.29, 0.717) is 5.75 Å². The molecule has 0 aliphatic rings. The SMILES string of the molecule is COc1ccc(N(CC(=O)Nc2ccccc2C(=O)N[C@H](C)c2ccccc2)S(=O)(=O)c2ccc(C)c([N+](=O)[O-])c2)cc1. The fraction of sp³-hybridized carbons (Fsp3) is 0.161. The number of para-hydroxylation sites is 1. The second kappa shape index (κ2) is 13.2. The Kier molecular flexibility index (Phi) is 9.41. The van der Waals surface area contributed by atoms with Crippen molar-refractivity contribution in [3.05, 3.63) is 124 Å². The summed E-state index contributed by atoms with van der Waals surface area (Å²) in [5, 5.41) is 17.1. The number of hydrogen-bond acceptors (Lipinski definition) is 7. The molecular formula is C31H30N4O7S. The first kappa shape index (κ1) is 30.7. The molecule has 0 radical (unpaired) electrons. The maximum absolute atomic E-state index is 13.8. The molecule has 0 saturated heterocycles. The van der Waals surface area contributed by atoms with E-state index in [2.05, 4.69) is 10.6 Å². The number of ether oxygens (including phenoxy) is 1. The smallest absolute Gasteiger partial charge is 0.273 e. The van der Waals surface area contributed by atoms with Crippen LogP contribution >= 0.6 is 0 Å². The van der Waals surface area contributed by atoms with Gasteiger partial charge in [0.15, 0.2) is 0 Å². The second-order valence-corrected chi connectivity index (χ2v) is 11.5. The van der Waals surface area contributed by atoms with Crippen molar-refractivity contribution in [2.24, 2.45) is 0 Å². The number of rotatable bonds is 11. The first-order valence-corrected chi connectivity index (χ1v) is 14.6. The van der Waals surface area contributed by atoms with Crippen molar-refractivity contribution in [3.8, 4) is 5.75 Å². The van der Waals surface area contributed by atoms with E-state index in [0.717, 1.165) is 15.9 Å². The molecule has 0 unspecified atom stereocenters. The van der Waals surface area contributed by atoms with Crippen molar-refractivity contribution < 1.29 is 27.7 Å². The van der Waals surface area contributed by atoms with Crippen molar-refractivity contribution in [2.75, 3.05) is 23.3 Å². The van der Waals surface area contributed by atoms with Gasteiger partial charge in [0, 0.05) is 11.6 Å². The summed E-state index contributed by atoms with van der Waals surface area (Å²) in [5.41, 5.74) is 1.31. The van der Waals surface area contributed by atoms with Gasteiger partial charge in [0.1, 0.15) is 12.3 Å². The Hall–Kier alpha value is -5.23. The summed E-state index contributed by atoms with van der Waals surface area (Å²) < 4.78 is 33.7. The number of amides is 2. The lowest BCUT2D eigenvalue weighted by atomic mass is 10.1. The quantitative estimate of drug-likeness (QED) is 0.176. The largest absolute Gasteiger partial charge is 0.497 e. The van der Waals surface area contributed by atoms with E-state index in [4.69, 9.17) is 4.74 Å². The molecule has 0 fully saturated rings. The molecule has 11 nitrogen and oxygen atoms in total. The Morgan fingerprint density at radius 3 is 2.26 bits per heavy atom. The van der Waals surface area contributed by atoms with Gasteiger partial charge in [-0.2, -0.15) is 0 Å². The number of carbonyl (C=O) groups is 2. The Balaban J connectivity index is 1.63. The van der Waals surface area contributed by atoms with Crippen LogP contribution in [-0.2, 0) is 14.8 Å². The van der Waals surface area contributed by atoms with Crippen LogP contribution in [0.4, 0.5) is 17.1 Å². The van der Waals surface area contributed by atoms with E-state index in [1.165, 1.54) is 56.5 Å². The predicted octanol–water partition coefficient (Wildman–Crippen LogP) is 5.24. The van der Waals surface area contributed by atoms with Crippen LogP contribution in [0.3, 0.4) is 0 Å². The van der Waals surface area contributed by atoms with E-state index >= 15 is 0 Å². The van der Waals surface area contributed by atoms with Gasteiger partial charge in [0.2, 0.25) is 5.91 Å². The third kappa shape index (κ3) is 7.16. The van der Waals surface area contributed by atoms with Gasteiger partial charge in [-0.05, 0) is 61.9 Å². The first-order chi connectivity index (χ1) is 20.5. The molecule has 2 N–H and O–H groups in total. The molecule has 12 heteroatoms. The molecule has 0 aliphatic carbocycles. The van der Waals surface area contributed by atoms with Crippen LogP contribution in [0.1, 0.15) is 34.5 Å². The summed E-state index contributed by atoms with van der Waals surface area (Å²) in [5.74, 6) is -0.711. The Morgan fingerprint density at radius 2 is 1.60 bits per heavy atom. The Morgan fingerprint density at radius 1 is 0.953 bits per heavy atom. The Bertz CT molecular complexity index is 1740. The topological polar surface area (TPSA) is 148 Å². The summed E-state index contributed by atoms with van der Waals surface area (Å²) in [7, 11) is -3.00. The summed E-state index contributed by atoms with van der Waals surface area (Å²) in [4.78, 5) is 37.0. The van der Waals surface area contributed by atoms with Gasteiger partial charge in [0.25, 0.3) is 21.6 Å². The number of anilines is 2. The molecule has 0 heterocycles. The van der Waals surface area contributed by atoms with Crippen molar-refractivity contribution in [2.45, 2.75) is 24.8 Å². The van der Waals surface area contributed by atoms with E-state index in [1.54, 1.807) is 18.2 Å². The van der Waals surface area contributed by atoms with Gasteiger partial charge >= 0.3 is 0 Å². The maximum Gasteiger partial charge on any atom is 0.273 e. The van der Waals surface area contributed by atoms with E-state index in [1.807, 2.05) is 37.3 Å². The molecule has 0 bridgehead atoms. The highest BCUT2D eigenvalue weighted by atomic mass is 32.2. The maximum atomic E-state index is 13.8. The first-order valence-electron chi connectivity index (χ1n) is 13.2. The van der Waals surface area contributed by atoms with Gasteiger partial charge in [-0.3, -0.25) is 24.0 Å². The number of nitro benzene ring substituents is 1. The standard InChI is InChI=1S/C31H30N4O7S/c1-21-13-18-26(19-29(21)35(38)39)43(40,41)34(24-14-16-25(42-3)17-15-24)20-30(36)33-28-12-8-7-11-27(28)31(37)32-22(2)23-9-5-4-6-10-23/h4-19,22H,20H2,1-3H3,(H,32,37)(H,33,36)/t22-/m1/s1. The number of nitro groups is 1. The fourth-order valence-corrected chi connectivity index (χ4v) is 5.79. The van der Waals surface area contributed by atoms with Crippen LogP contribution in [0.15, 0.2) is 102 Å².